The lowest BCUT2D eigenvalue weighted by Gasteiger charge is -2.24. The molecule has 1 unspecified atom stereocenters. The van der Waals surface area contributed by atoms with Crippen molar-refractivity contribution >= 4 is 5.91 Å². The summed E-state index contributed by atoms with van der Waals surface area (Å²) in [4.78, 5) is 18.9. The van der Waals surface area contributed by atoms with Crippen LogP contribution >= 0.6 is 0 Å². The Labute approximate surface area is 149 Å². The van der Waals surface area contributed by atoms with E-state index in [1.54, 1.807) is 0 Å². The van der Waals surface area contributed by atoms with Crippen molar-refractivity contribution in [1.29, 1.82) is 0 Å². The van der Waals surface area contributed by atoms with Crippen LogP contribution < -0.4 is 5.32 Å². The molecule has 3 rings (SSSR count). The Morgan fingerprint density at radius 1 is 1.28 bits per heavy atom. The smallest absolute Gasteiger partial charge is 0.234 e. The molecule has 1 amide bonds. The van der Waals surface area contributed by atoms with Crippen LogP contribution in [-0.4, -0.2) is 51.2 Å². The number of benzene rings is 1. The summed E-state index contributed by atoms with van der Waals surface area (Å²) < 4.78 is 1.96. The second-order valence-electron chi connectivity index (χ2n) is 6.74. The highest BCUT2D eigenvalue weighted by molar-refractivity contribution is 5.78. The van der Waals surface area contributed by atoms with Crippen molar-refractivity contribution in [1.82, 2.24) is 25.0 Å². The van der Waals surface area contributed by atoms with Gasteiger partial charge in [0.25, 0.3) is 0 Å². The number of hydrogen-bond acceptors (Lipinski definition) is 4. The quantitative estimate of drug-likeness (QED) is 0.833. The van der Waals surface area contributed by atoms with Crippen LogP contribution in [-0.2, 0) is 17.8 Å². The molecule has 6 heteroatoms. The van der Waals surface area contributed by atoms with Crippen LogP contribution in [0.1, 0.15) is 30.1 Å². The molecule has 0 spiro atoms. The summed E-state index contributed by atoms with van der Waals surface area (Å²) in [6.07, 6.45) is 3.11. The first-order valence-corrected chi connectivity index (χ1v) is 9.04. The summed E-state index contributed by atoms with van der Waals surface area (Å²) in [6, 6.07) is 10.6. The second-order valence-corrected chi connectivity index (χ2v) is 6.74. The molecule has 6 nitrogen and oxygen atoms in total. The maximum Gasteiger partial charge on any atom is 0.234 e. The van der Waals surface area contributed by atoms with Gasteiger partial charge in [-0.15, -0.1) is 0 Å². The van der Waals surface area contributed by atoms with Crippen LogP contribution in [0.4, 0.5) is 0 Å². The Morgan fingerprint density at radius 2 is 2.08 bits per heavy atom. The molecule has 1 aromatic carbocycles. The van der Waals surface area contributed by atoms with E-state index < -0.39 is 0 Å². The van der Waals surface area contributed by atoms with Crippen molar-refractivity contribution in [3.05, 3.63) is 47.5 Å². The van der Waals surface area contributed by atoms with E-state index in [-0.39, 0.29) is 5.91 Å². The van der Waals surface area contributed by atoms with Gasteiger partial charge in [-0.05, 0) is 45.2 Å². The molecule has 0 saturated carbocycles. The summed E-state index contributed by atoms with van der Waals surface area (Å²) in [7, 11) is 0. The maximum absolute atomic E-state index is 12.3. The highest BCUT2D eigenvalue weighted by atomic mass is 16.2. The molecule has 1 atom stereocenters. The fourth-order valence-electron chi connectivity index (χ4n) is 3.48. The molecule has 1 saturated heterocycles. The number of likely N-dealkylation sites (tertiary alicyclic amines) is 1. The van der Waals surface area contributed by atoms with Gasteiger partial charge >= 0.3 is 0 Å². The number of amides is 1. The van der Waals surface area contributed by atoms with Crippen LogP contribution in [0.25, 0.3) is 0 Å². The lowest BCUT2D eigenvalue weighted by atomic mass is 10.1. The summed E-state index contributed by atoms with van der Waals surface area (Å²) in [5.74, 6) is 1.85. The van der Waals surface area contributed by atoms with E-state index in [2.05, 4.69) is 32.4 Å². The Balaban J connectivity index is 1.46. The fraction of sp³-hybridized carbons (Fsp3) is 0.526. The zero-order valence-electron chi connectivity index (χ0n) is 15.1. The van der Waals surface area contributed by atoms with E-state index in [1.807, 2.05) is 36.7 Å². The Bertz CT molecular complexity index is 697. The minimum atomic E-state index is 0.106. The first-order chi connectivity index (χ1) is 12.1. The molecule has 1 aliphatic rings. The Morgan fingerprint density at radius 3 is 2.80 bits per heavy atom. The van der Waals surface area contributed by atoms with Crippen LogP contribution in [0.5, 0.6) is 0 Å². The molecule has 1 N–H and O–H groups in total. The van der Waals surface area contributed by atoms with E-state index in [0.29, 0.717) is 19.1 Å². The molecule has 0 bridgehead atoms. The third-order valence-corrected chi connectivity index (χ3v) is 4.77. The minimum absolute atomic E-state index is 0.106. The first-order valence-electron chi connectivity index (χ1n) is 9.04. The molecule has 1 aromatic heterocycles. The van der Waals surface area contributed by atoms with Crippen molar-refractivity contribution in [3.63, 3.8) is 0 Å². The third-order valence-electron chi connectivity index (χ3n) is 4.77. The van der Waals surface area contributed by atoms with E-state index >= 15 is 0 Å². The van der Waals surface area contributed by atoms with Crippen LogP contribution in [0.3, 0.4) is 0 Å². The predicted molar refractivity (Wildman–Crippen MR) is 97.2 cm³/mol. The Kier molecular flexibility index (Phi) is 5.81. The number of rotatable bonds is 7. The highest BCUT2D eigenvalue weighted by Gasteiger charge is 2.27. The lowest BCUT2D eigenvalue weighted by molar-refractivity contribution is -0.122. The third kappa shape index (κ3) is 4.89. The fourth-order valence-corrected chi connectivity index (χ4v) is 3.48. The standard InChI is InChI=1S/C19H27N5O/c1-15-21-16(2)24(22-15)13-18-9-6-12-23(18)14-19(25)20-11-10-17-7-4-3-5-8-17/h3-5,7-8,18H,6,9-14H2,1-2H3,(H,20,25). The lowest BCUT2D eigenvalue weighted by Crippen LogP contribution is -2.42. The number of hydrogen-bond donors (Lipinski definition) is 1. The molecular formula is C19H27N5O. The molecule has 2 heterocycles. The van der Waals surface area contributed by atoms with Gasteiger partial charge in [-0.1, -0.05) is 30.3 Å². The SMILES string of the molecule is Cc1nc(C)n(CC2CCCN2CC(=O)NCCc2ccccc2)n1. The number of carbonyl (C=O) groups excluding carboxylic acids is 1. The van der Waals surface area contributed by atoms with Crippen molar-refractivity contribution < 1.29 is 4.79 Å². The topological polar surface area (TPSA) is 63.1 Å². The molecule has 0 radical (unpaired) electrons. The Hall–Kier alpha value is -2.21. The van der Waals surface area contributed by atoms with Crippen molar-refractivity contribution in [2.24, 2.45) is 0 Å². The second kappa shape index (κ2) is 8.25. The van der Waals surface area contributed by atoms with E-state index in [9.17, 15) is 4.79 Å². The van der Waals surface area contributed by atoms with Crippen LogP contribution in [0, 0.1) is 13.8 Å². The summed E-state index contributed by atoms with van der Waals surface area (Å²) in [6.45, 7) is 6.83. The van der Waals surface area contributed by atoms with Crippen molar-refractivity contribution in [2.75, 3.05) is 19.6 Å². The van der Waals surface area contributed by atoms with E-state index in [4.69, 9.17) is 0 Å². The molecule has 1 aliphatic heterocycles. The highest BCUT2D eigenvalue weighted by Crippen LogP contribution is 2.18. The van der Waals surface area contributed by atoms with Gasteiger partial charge in [0.2, 0.25) is 5.91 Å². The van der Waals surface area contributed by atoms with E-state index in [0.717, 1.165) is 44.0 Å². The minimum Gasteiger partial charge on any atom is -0.355 e. The molecular weight excluding hydrogens is 314 g/mol. The van der Waals surface area contributed by atoms with Gasteiger partial charge in [-0.2, -0.15) is 5.10 Å². The molecule has 0 aliphatic carbocycles. The van der Waals surface area contributed by atoms with Gasteiger partial charge in [0.1, 0.15) is 11.6 Å². The van der Waals surface area contributed by atoms with Crippen molar-refractivity contribution in [2.45, 2.75) is 45.7 Å². The monoisotopic (exact) mass is 341 g/mol. The normalized spacial score (nSPS) is 17.8. The van der Waals surface area contributed by atoms with Gasteiger partial charge in [0, 0.05) is 12.6 Å². The van der Waals surface area contributed by atoms with Crippen LogP contribution in [0.15, 0.2) is 30.3 Å². The number of carbonyl (C=O) groups is 1. The number of aromatic nitrogens is 3. The average Bonchev–Trinajstić information content (AvgIpc) is 3.15. The molecule has 1 fully saturated rings. The number of nitrogens with one attached hydrogen (secondary N) is 1. The van der Waals surface area contributed by atoms with Gasteiger partial charge in [-0.25, -0.2) is 9.67 Å². The zero-order chi connectivity index (χ0) is 17.6. The van der Waals surface area contributed by atoms with Gasteiger partial charge in [-0.3, -0.25) is 9.69 Å². The molecule has 25 heavy (non-hydrogen) atoms. The predicted octanol–water partition coefficient (Wildman–Crippen LogP) is 1.72. The summed E-state index contributed by atoms with van der Waals surface area (Å²) in [5.41, 5.74) is 1.25. The summed E-state index contributed by atoms with van der Waals surface area (Å²) in [5, 5.41) is 7.49. The van der Waals surface area contributed by atoms with Gasteiger partial charge in [0.05, 0.1) is 13.1 Å². The van der Waals surface area contributed by atoms with Crippen LogP contribution in [0.2, 0.25) is 0 Å². The van der Waals surface area contributed by atoms with Crippen molar-refractivity contribution in [3.8, 4) is 0 Å². The number of aryl methyl sites for hydroxylation is 2. The maximum atomic E-state index is 12.3. The zero-order valence-corrected chi connectivity index (χ0v) is 15.1. The molecule has 134 valence electrons. The van der Waals surface area contributed by atoms with Gasteiger partial charge < -0.3 is 5.32 Å². The van der Waals surface area contributed by atoms with E-state index in [1.165, 1.54) is 5.56 Å². The number of nitrogens with zero attached hydrogens (tertiary/aromatic N) is 4. The largest absolute Gasteiger partial charge is 0.355 e. The first kappa shape index (κ1) is 17.6. The van der Waals surface area contributed by atoms with Gasteiger partial charge in [0.15, 0.2) is 0 Å². The average molecular weight is 341 g/mol. The summed E-state index contributed by atoms with van der Waals surface area (Å²) >= 11 is 0. The molecule has 2 aromatic rings.